The first kappa shape index (κ1) is 14.9. The fourth-order valence-corrected chi connectivity index (χ4v) is 2.73. The van der Waals surface area contributed by atoms with Crippen LogP contribution < -0.4 is 4.74 Å². The minimum Gasteiger partial charge on any atom is -0.492 e. The van der Waals surface area contributed by atoms with E-state index in [-0.39, 0.29) is 6.04 Å². The van der Waals surface area contributed by atoms with Crippen LogP contribution in [0.5, 0.6) is 5.75 Å². The van der Waals surface area contributed by atoms with Gasteiger partial charge in [0.1, 0.15) is 12.4 Å². The van der Waals surface area contributed by atoms with Crippen LogP contribution in [0.25, 0.3) is 0 Å². The number of ether oxygens (including phenoxy) is 1. The lowest BCUT2D eigenvalue weighted by Gasteiger charge is -2.33. The van der Waals surface area contributed by atoms with Crippen molar-refractivity contribution < 1.29 is 4.74 Å². The number of aryl methyl sites for hydroxylation is 2. The topological polar surface area (TPSA) is 36.3 Å². The van der Waals surface area contributed by atoms with Gasteiger partial charge in [0.2, 0.25) is 0 Å². The molecule has 0 aromatic heterocycles. The van der Waals surface area contributed by atoms with Gasteiger partial charge in [0, 0.05) is 0 Å². The minimum absolute atomic E-state index is 0.222. The molecule has 1 aliphatic heterocycles. The van der Waals surface area contributed by atoms with Gasteiger partial charge in [0.05, 0.1) is 18.5 Å². The van der Waals surface area contributed by atoms with Crippen LogP contribution in [-0.4, -0.2) is 30.6 Å². The molecule has 1 saturated heterocycles. The summed E-state index contributed by atoms with van der Waals surface area (Å²) in [4.78, 5) is 2.41. The summed E-state index contributed by atoms with van der Waals surface area (Å²) in [6.07, 6.45) is 4.34. The van der Waals surface area contributed by atoms with Crippen molar-refractivity contribution in [1.82, 2.24) is 4.90 Å². The molecule has 1 unspecified atom stereocenters. The van der Waals surface area contributed by atoms with Crippen LogP contribution in [0.2, 0.25) is 0 Å². The van der Waals surface area contributed by atoms with Gasteiger partial charge in [0.15, 0.2) is 0 Å². The van der Waals surface area contributed by atoms with E-state index in [9.17, 15) is 0 Å². The number of nitrogens with zero attached hydrogens (tertiary/aromatic N) is 2. The molecule has 3 nitrogen and oxygen atoms in total. The molecule has 1 fully saturated rings. The molecule has 3 heteroatoms. The number of piperidine rings is 1. The van der Waals surface area contributed by atoms with Crippen LogP contribution in [0.1, 0.15) is 36.8 Å². The molecule has 0 radical (unpaired) electrons. The van der Waals surface area contributed by atoms with Crippen molar-refractivity contribution in [2.75, 3.05) is 19.7 Å². The molecule has 2 rings (SSSR count). The van der Waals surface area contributed by atoms with Crippen LogP contribution in [-0.2, 0) is 0 Å². The summed E-state index contributed by atoms with van der Waals surface area (Å²) in [7, 11) is 0. The number of benzene rings is 1. The zero-order chi connectivity index (χ0) is 14.4. The third-order valence-electron chi connectivity index (χ3n) is 4.01. The normalized spacial score (nSPS) is 17.4. The molecule has 1 atom stereocenters. The molecule has 108 valence electrons. The van der Waals surface area contributed by atoms with Crippen molar-refractivity contribution in [1.29, 1.82) is 5.26 Å². The van der Waals surface area contributed by atoms with Crippen LogP contribution >= 0.6 is 0 Å². The van der Waals surface area contributed by atoms with Gasteiger partial charge >= 0.3 is 0 Å². The van der Waals surface area contributed by atoms with Crippen LogP contribution in [0, 0.1) is 25.2 Å². The van der Waals surface area contributed by atoms with Crippen molar-refractivity contribution in [2.45, 2.75) is 45.6 Å². The molecule has 0 saturated carbocycles. The van der Waals surface area contributed by atoms with E-state index in [0.717, 1.165) is 24.4 Å². The maximum absolute atomic E-state index is 9.03. The zero-order valence-electron chi connectivity index (χ0n) is 12.6. The Morgan fingerprint density at radius 2 is 2.00 bits per heavy atom. The van der Waals surface area contributed by atoms with Gasteiger partial charge in [-0.1, -0.05) is 18.6 Å². The van der Waals surface area contributed by atoms with Crippen molar-refractivity contribution in [3.63, 3.8) is 0 Å². The lowest BCUT2D eigenvalue weighted by molar-refractivity contribution is 0.116. The number of hydrogen-bond acceptors (Lipinski definition) is 3. The third-order valence-corrected chi connectivity index (χ3v) is 4.01. The average Bonchev–Trinajstić information content (AvgIpc) is 2.47. The Hall–Kier alpha value is -1.53. The van der Waals surface area contributed by atoms with Gasteiger partial charge in [-0.05, 0) is 57.0 Å². The van der Waals surface area contributed by atoms with Gasteiger partial charge in [-0.3, -0.25) is 4.90 Å². The molecule has 1 aliphatic rings. The summed E-state index contributed by atoms with van der Waals surface area (Å²) in [5, 5.41) is 9.03. The molecule has 20 heavy (non-hydrogen) atoms. The van der Waals surface area contributed by atoms with E-state index in [4.69, 9.17) is 10.00 Å². The molecule has 1 aromatic carbocycles. The maximum atomic E-state index is 9.03. The highest BCUT2D eigenvalue weighted by Gasteiger charge is 2.21. The highest BCUT2D eigenvalue weighted by Crippen LogP contribution is 2.21. The van der Waals surface area contributed by atoms with Crippen LogP contribution in [0.15, 0.2) is 18.2 Å². The fourth-order valence-electron chi connectivity index (χ4n) is 2.73. The fraction of sp³-hybridized carbons (Fsp3) is 0.588. The second-order valence-electron chi connectivity index (χ2n) is 5.69. The number of likely N-dealkylation sites (tertiary alicyclic amines) is 1. The van der Waals surface area contributed by atoms with E-state index in [1.165, 1.54) is 24.8 Å². The lowest BCUT2D eigenvalue weighted by Crippen LogP contribution is -2.42. The summed E-state index contributed by atoms with van der Waals surface area (Å²) < 4.78 is 5.99. The van der Waals surface area contributed by atoms with Crippen molar-refractivity contribution in [3.05, 3.63) is 29.3 Å². The summed E-state index contributed by atoms with van der Waals surface area (Å²) in [5.41, 5.74) is 2.37. The molecule has 0 amide bonds. The minimum atomic E-state index is 0.222. The van der Waals surface area contributed by atoms with E-state index in [0.29, 0.717) is 13.0 Å². The number of nitriles is 1. The van der Waals surface area contributed by atoms with E-state index in [1.54, 1.807) is 0 Å². The Bertz CT molecular complexity index is 472. The van der Waals surface area contributed by atoms with Gasteiger partial charge in [-0.2, -0.15) is 5.26 Å². The van der Waals surface area contributed by atoms with Crippen LogP contribution in [0.4, 0.5) is 0 Å². The molecular weight excluding hydrogens is 248 g/mol. The quantitative estimate of drug-likeness (QED) is 0.823. The first-order valence-electron chi connectivity index (χ1n) is 7.52. The highest BCUT2D eigenvalue weighted by atomic mass is 16.5. The number of rotatable bonds is 5. The standard InChI is InChI=1S/C17H24N2O/c1-14-6-7-15(2)17(12-14)20-13-16(8-9-18)19-10-4-3-5-11-19/h6-7,12,16H,3-5,8,10-11,13H2,1-2H3. The predicted octanol–water partition coefficient (Wildman–Crippen LogP) is 3.45. The first-order chi connectivity index (χ1) is 9.70. The Balaban J connectivity index is 1.97. The molecule has 1 aromatic rings. The molecule has 1 heterocycles. The largest absolute Gasteiger partial charge is 0.492 e. The predicted molar refractivity (Wildman–Crippen MR) is 80.9 cm³/mol. The monoisotopic (exact) mass is 272 g/mol. The maximum Gasteiger partial charge on any atom is 0.122 e. The summed E-state index contributed by atoms with van der Waals surface area (Å²) in [6.45, 7) is 6.95. The van der Waals surface area contributed by atoms with Crippen LogP contribution in [0.3, 0.4) is 0 Å². The summed E-state index contributed by atoms with van der Waals surface area (Å²) >= 11 is 0. The Labute approximate surface area is 122 Å². The van der Waals surface area contributed by atoms with Crippen molar-refractivity contribution >= 4 is 0 Å². The molecule has 0 bridgehead atoms. The van der Waals surface area contributed by atoms with E-state index in [2.05, 4.69) is 43.0 Å². The van der Waals surface area contributed by atoms with Crippen molar-refractivity contribution in [2.24, 2.45) is 0 Å². The SMILES string of the molecule is Cc1ccc(C)c(OCC(CC#N)N2CCCCC2)c1. The van der Waals surface area contributed by atoms with E-state index < -0.39 is 0 Å². The zero-order valence-corrected chi connectivity index (χ0v) is 12.6. The lowest BCUT2D eigenvalue weighted by atomic mass is 10.1. The van der Waals surface area contributed by atoms with Crippen molar-refractivity contribution in [3.8, 4) is 11.8 Å². The Morgan fingerprint density at radius 3 is 2.70 bits per heavy atom. The molecule has 0 spiro atoms. The average molecular weight is 272 g/mol. The molecule has 0 aliphatic carbocycles. The Kier molecular flexibility index (Phi) is 5.43. The summed E-state index contributed by atoms with van der Waals surface area (Å²) in [6, 6.07) is 8.79. The van der Waals surface area contributed by atoms with Gasteiger partial charge in [0.25, 0.3) is 0 Å². The van der Waals surface area contributed by atoms with E-state index in [1.807, 2.05) is 0 Å². The second kappa shape index (κ2) is 7.31. The smallest absolute Gasteiger partial charge is 0.122 e. The second-order valence-corrected chi connectivity index (χ2v) is 5.69. The first-order valence-corrected chi connectivity index (χ1v) is 7.52. The summed E-state index contributed by atoms with van der Waals surface area (Å²) in [5.74, 6) is 0.949. The third kappa shape index (κ3) is 3.98. The molecule has 0 N–H and O–H groups in total. The van der Waals surface area contributed by atoms with Gasteiger partial charge in [-0.25, -0.2) is 0 Å². The van der Waals surface area contributed by atoms with E-state index >= 15 is 0 Å². The van der Waals surface area contributed by atoms with Gasteiger partial charge < -0.3 is 4.74 Å². The molecular formula is C17H24N2O. The van der Waals surface area contributed by atoms with Gasteiger partial charge in [-0.15, -0.1) is 0 Å². The highest BCUT2D eigenvalue weighted by molar-refractivity contribution is 5.36. The number of hydrogen-bond donors (Lipinski definition) is 0. The Morgan fingerprint density at radius 1 is 1.25 bits per heavy atom.